The van der Waals surface area contributed by atoms with E-state index in [1.165, 1.54) is 30.3 Å². The van der Waals surface area contributed by atoms with Crippen molar-refractivity contribution < 1.29 is 22.7 Å². The van der Waals surface area contributed by atoms with Gasteiger partial charge >= 0.3 is 12.3 Å². The number of ether oxygens (including phenoxy) is 1. The van der Waals surface area contributed by atoms with Gasteiger partial charge in [-0.3, -0.25) is 0 Å². The molecular formula is C18H29F3N2O2S. The summed E-state index contributed by atoms with van der Waals surface area (Å²) < 4.78 is 42.5. The molecule has 4 nitrogen and oxygen atoms in total. The van der Waals surface area contributed by atoms with E-state index in [4.69, 9.17) is 16.2 Å². The number of rotatable bonds is 9. The quantitative estimate of drug-likeness (QED) is 0.446. The Balaban J connectivity index is 0.00000194. The predicted octanol–water partition coefficient (Wildman–Crippen LogP) is 5.20. The summed E-state index contributed by atoms with van der Waals surface area (Å²) in [7, 11) is 0. The maximum atomic E-state index is 12.5. The molecule has 0 heterocycles. The number of hydrogen-bond acceptors (Lipinski definition) is 4. The molecule has 0 bridgehead atoms. The van der Waals surface area contributed by atoms with Crippen LogP contribution in [0.3, 0.4) is 0 Å². The summed E-state index contributed by atoms with van der Waals surface area (Å²) in [5, 5.41) is 0. The molecule has 0 aliphatic carbocycles. The fourth-order valence-electron chi connectivity index (χ4n) is 1.96. The van der Waals surface area contributed by atoms with E-state index in [9.17, 15) is 18.0 Å². The van der Waals surface area contributed by atoms with E-state index in [0.29, 0.717) is 23.6 Å². The van der Waals surface area contributed by atoms with Gasteiger partial charge in [-0.1, -0.05) is 26.7 Å². The zero-order valence-corrected chi connectivity index (χ0v) is 16.2. The third-order valence-electron chi connectivity index (χ3n) is 3.13. The van der Waals surface area contributed by atoms with E-state index < -0.39 is 17.8 Å². The fraction of sp³-hybridized carbons (Fsp3) is 0.611. The first-order valence-electron chi connectivity index (χ1n) is 8.70. The van der Waals surface area contributed by atoms with Crippen molar-refractivity contribution >= 4 is 17.9 Å². The molecule has 0 aromatic heterocycles. The number of amides is 1. The highest BCUT2D eigenvalue weighted by atomic mass is 32.2. The van der Waals surface area contributed by atoms with Gasteiger partial charge in [-0.25, -0.2) is 4.79 Å². The fourth-order valence-corrected chi connectivity index (χ4v) is 2.90. The summed E-state index contributed by atoms with van der Waals surface area (Å²) in [4.78, 5) is 11.6. The molecule has 0 radical (unpaired) electrons. The molecule has 0 spiro atoms. The second-order valence-corrected chi connectivity index (χ2v) is 6.83. The summed E-state index contributed by atoms with van der Waals surface area (Å²) in [6.07, 6.45) is -0.974. The first-order valence-corrected chi connectivity index (χ1v) is 9.69. The maximum Gasteiger partial charge on any atom is 0.416 e. The Morgan fingerprint density at radius 1 is 1.15 bits per heavy atom. The van der Waals surface area contributed by atoms with E-state index in [2.05, 4.69) is 13.8 Å². The molecule has 0 saturated carbocycles. The van der Waals surface area contributed by atoms with Crippen LogP contribution in [0, 0.1) is 0 Å². The molecule has 0 aliphatic rings. The van der Waals surface area contributed by atoms with E-state index >= 15 is 0 Å². The van der Waals surface area contributed by atoms with E-state index in [1.807, 2.05) is 0 Å². The van der Waals surface area contributed by atoms with Gasteiger partial charge in [0.25, 0.3) is 0 Å². The number of thioether (sulfide) groups is 1. The molecular weight excluding hydrogens is 365 g/mol. The lowest BCUT2D eigenvalue weighted by Gasteiger charge is -2.16. The van der Waals surface area contributed by atoms with E-state index in [1.54, 1.807) is 0 Å². The Bertz CT molecular complexity index is 496. The van der Waals surface area contributed by atoms with Gasteiger partial charge in [0.15, 0.2) is 0 Å². The molecule has 0 saturated heterocycles. The van der Waals surface area contributed by atoms with Gasteiger partial charge in [0.2, 0.25) is 0 Å². The van der Waals surface area contributed by atoms with Crippen LogP contribution in [-0.4, -0.2) is 24.5 Å². The Hall–Kier alpha value is -1.41. The van der Waals surface area contributed by atoms with Crippen molar-refractivity contribution in [2.75, 3.05) is 12.3 Å². The molecule has 26 heavy (non-hydrogen) atoms. The van der Waals surface area contributed by atoms with Crippen LogP contribution in [0.5, 0.6) is 0 Å². The number of halogens is 3. The van der Waals surface area contributed by atoms with Crippen molar-refractivity contribution in [3.63, 3.8) is 0 Å². The second-order valence-electron chi connectivity index (χ2n) is 5.74. The molecule has 1 amide bonds. The van der Waals surface area contributed by atoms with Crippen molar-refractivity contribution in [3.8, 4) is 0 Å². The lowest BCUT2D eigenvalue weighted by molar-refractivity contribution is -0.137. The Kier molecular flexibility index (Phi) is 13.0. The molecule has 1 atom stereocenters. The van der Waals surface area contributed by atoms with Gasteiger partial charge in [-0.15, -0.1) is 11.8 Å². The number of primary amides is 1. The molecule has 8 heteroatoms. The van der Waals surface area contributed by atoms with Gasteiger partial charge in [-0.2, -0.15) is 13.2 Å². The summed E-state index contributed by atoms with van der Waals surface area (Å²) in [5.74, 6) is 0.441. The molecule has 1 rings (SSSR count). The average Bonchev–Trinajstić information content (AvgIpc) is 2.56. The molecule has 150 valence electrons. The lowest BCUT2D eigenvalue weighted by Crippen LogP contribution is -2.24. The highest BCUT2D eigenvalue weighted by molar-refractivity contribution is 7.99. The number of carbonyl (C=O) groups excluding carboxylic acids is 1. The molecule has 1 unspecified atom stereocenters. The van der Waals surface area contributed by atoms with Gasteiger partial charge in [-0.05, 0) is 50.1 Å². The number of carbonyl (C=O) groups is 1. The molecule has 0 fully saturated rings. The summed E-state index contributed by atoms with van der Waals surface area (Å²) in [6.45, 7) is 4.86. The van der Waals surface area contributed by atoms with Crippen LogP contribution < -0.4 is 11.5 Å². The van der Waals surface area contributed by atoms with Crippen molar-refractivity contribution in [1.29, 1.82) is 0 Å². The van der Waals surface area contributed by atoms with Gasteiger partial charge < -0.3 is 16.2 Å². The second kappa shape index (κ2) is 13.7. The Morgan fingerprint density at radius 3 is 2.19 bits per heavy atom. The lowest BCUT2D eigenvalue weighted by atomic mass is 10.1. The van der Waals surface area contributed by atoms with Crippen LogP contribution in [-0.2, 0) is 10.9 Å². The van der Waals surface area contributed by atoms with Crippen molar-refractivity contribution in [1.82, 2.24) is 0 Å². The summed E-state index contributed by atoms with van der Waals surface area (Å²) in [6, 6.07) is 4.88. The smallest absolute Gasteiger partial charge is 0.416 e. The minimum Gasteiger partial charge on any atom is -0.446 e. The van der Waals surface area contributed by atoms with Crippen LogP contribution in [0.25, 0.3) is 0 Å². The van der Waals surface area contributed by atoms with E-state index in [0.717, 1.165) is 31.4 Å². The van der Waals surface area contributed by atoms with Crippen LogP contribution in [0.2, 0.25) is 0 Å². The molecule has 4 N–H and O–H groups in total. The third kappa shape index (κ3) is 12.0. The van der Waals surface area contributed by atoms with Crippen LogP contribution >= 0.6 is 11.8 Å². The third-order valence-corrected chi connectivity index (χ3v) is 4.27. The van der Waals surface area contributed by atoms with Crippen molar-refractivity contribution in [3.05, 3.63) is 29.8 Å². The van der Waals surface area contributed by atoms with Crippen LogP contribution in [0.15, 0.2) is 29.2 Å². The number of benzene rings is 1. The average molecular weight is 395 g/mol. The molecule has 1 aromatic rings. The zero-order valence-electron chi connectivity index (χ0n) is 15.3. The van der Waals surface area contributed by atoms with Crippen LogP contribution in [0.4, 0.5) is 18.0 Å². The largest absolute Gasteiger partial charge is 0.446 e. The van der Waals surface area contributed by atoms with Crippen molar-refractivity contribution in [2.45, 2.75) is 63.1 Å². The standard InChI is InChI=1S/C15H21F3N2O2S.C3H8/c16-15(17,18)11-5-7-13(8-6-11)23-10-12(22-14(20)21)4-2-1-3-9-19;1-3-2/h5-8,12H,1-4,9-10,19H2,(H2,20,21);3H2,1-2H3. The number of hydrogen-bond donors (Lipinski definition) is 2. The summed E-state index contributed by atoms with van der Waals surface area (Å²) in [5.41, 5.74) is 9.77. The molecule has 0 aliphatic heterocycles. The van der Waals surface area contributed by atoms with Crippen LogP contribution in [0.1, 0.15) is 51.5 Å². The summed E-state index contributed by atoms with van der Waals surface area (Å²) >= 11 is 1.33. The molecule has 1 aromatic carbocycles. The first kappa shape index (κ1) is 24.6. The maximum absolute atomic E-state index is 12.5. The SMILES string of the molecule is CCC.NCCCCCC(CSc1ccc(C(F)(F)F)cc1)OC(N)=O. The van der Waals surface area contributed by atoms with Gasteiger partial charge in [0, 0.05) is 10.6 Å². The Morgan fingerprint density at radius 2 is 1.73 bits per heavy atom. The van der Waals surface area contributed by atoms with Gasteiger partial charge in [0.05, 0.1) is 5.56 Å². The topological polar surface area (TPSA) is 78.3 Å². The Labute approximate surface area is 157 Å². The zero-order chi connectivity index (χ0) is 20.0. The monoisotopic (exact) mass is 394 g/mol. The van der Waals surface area contributed by atoms with Gasteiger partial charge in [0.1, 0.15) is 6.10 Å². The highest BCUT2D eigenvalue weighted by Crippen LogP contribution is 2.31. The highest BCUT2D eigenvalue weighted by Gasteiger charge is 2.29. The van der Waals surface area contributed by atoms with E-state index in [-0.39, 0.29) is 6.10 Å². The minimum absolute atomic E-state index is 0.363. The minimum atomic E-state index is -4.34. The van der Waals surface area contributed by atoms with Crippen molar-refractivity contribution in [2.24, 2.45) is 11.5 Å². The normalized spacial score (nSPS) is 12.1. The number of unbranched alkanes of at least 4 members (excludes halogenated alkanes) is 2. The first-order chi connectivity index (χ1) is 12.2. The predicted molar refractivity (Wildman–Crippen MR) is 100 cm³/mol. The number of nitrogens with two attached hydrogens (primary N) is 2. The number of alkyl halides is 3.